The lowest BCUT2D eigenvalue weighted by atomic mass is 10.2. The van der Waals surface area contributed by atoms with Crippen LogP contribution in [0, 0.1) is 0 Å². The largest absolute Gasteiger partial charge is 0.549 e. The van der Waals surface area contributed by atoms with Crippen molar-refractivity contribution in [3.63, 3.8) is 0 Å². The molecular formula is C11H7Cl2N2O3S-. The molecule has 0 unspecified atom stereocenters. The standard InChI is InChI=1S/C11H8Cl2N2O3S/c1-5(10(16)17)19-11-15-14-9(18-11)7-3-2-6(12)4-8(7)13/h2-5H,1H3,(H,16,17)/p-1/t5-/m0/s1. The molecule has 0 aliphatic heterocycles. The van der Waals surface area contributed by atoms with Crippen molar-refractivity contribution in [3.05, 3.63) is 28.2 Å². The molecule has 1 aromatic carbocycles. The zero-order valence-electron chi connectivity index (χ0n) is 9.59. The van der Waals surface area contributed by atoms with Crippen LogP contribution in [-0.2, 0) is 4.79 Å². The minimum absolute atomic E-state index is 0.137. The molecule has 1 aromatic heterocycles. The zero-order valence-corrected chi connectivity index (χ0v) is 11.9. The maximum absolute atomic E-state index is 10.6. The van der Waals surface area contributed by atoms with Gasteiger partial charge in [0, 0.05) is 5.02 Å². The van der Waals surface area contributed by atoms with Gasteiger partial charge in [-0.2, -0.15) is 0 Å². The van der Waals surface area contributed by atoms with Crippen LogP contribution in [0.1, 0.15) is 6.92 Å². The van der Waals surface area contributed by atoms with Crippen molar-refractivity contribution >= 4 is 40.9 Å². The number of carbonyl (C=O) groups is 1. The maximum Gasteiger partial charge on any atom is 0.277 e. The Labute approximate surface area is 122 Å². The molecule has 0 radical (unpaired) electrons. The molecule has 0 saturated carbocycles. The molecule has 0 spiro atoms. The summed E-state index contributed by atoms with van der Waals surface area (Å²) < 4.78 is 5.33. The first-order valence-electron chi connectivity index (χ1n) is 5.14. The Morgan fingerprint density at radius 2 is 2.16 bits per heavy atom. The summed E-state index contributed by atoms with van der Waals surface area (Å²) in [4.78, 5) is 10.6. The van der Waals surface area contributed by atoms with Crippen molar-refractivity contribution in [1.82, 2.24) is 10.2 Å². The Bertz CT molecular complexity index is 618. The van der Waals surface area contributed by atoms with E-state index in [1.165, 1.54) is 6.92 Å². The second-order valence-electron chi connectivity index (χ2n) is 3.58. The van der Waals surface area contributed by atoms with Gasteiger partial charge >= 0.3 is 0 Å². The number of carboxylic acid groups (broad SMARTS) is 1. The van der Waals surface area contributed by atoms with Crippen LogP contribution >= 0.6 is 35.0 Å². The van der Waals surface area contributed by atoms with E-state index in [2.05, 4.69) is 10.2 Å². The molecule has 0 amide bonds. The Morgan fingerprint density at radius 3 is 2.79 bits per heavy atom. The van der Waals surface area contributed by atoms with Crippen LogP contribution in [0.15, 0.2) is 27.8 Å². The number of rotatable bonds is 4. The van der Waals surface area contributed by atoms with Crippen molar-refractivity contribution in [1.29, 1.82) is 0 Å². The van der Waals surface area contributed by atoms with E-state index >= 15 is 0 Å². The fraction of sp³-hybridized carbons (Fsp3) is 0.182. The third kappa shape index (κ3) is 3.40. The number of hydrogen-bond acceptors (Lipinski definition) is 6. The van der Waals surface area contributed by atoms with Crippen molar-refractivity contribution in [2.75, 3.05) is 0 Å². The van der Waals surface area contributed by atoms with Crippen LogP contribution < -0.4 is 5.11 Å². The molecule has 0 bridgehead atoms. The molecule has 0 aliphatic carbocycles. The Balaban J connectivity index is 2.23. The van der Waals surface area contributed by atoms with Crippen molar-refractivity contribution in [2.45, 2.75) is 17.4 Å². The average molecular weight is 318 g/mol. The van der Waals surface area contributed by atoms with Gasteiger partial charge in [-0.15, -0.1) is 10.2 Å². The van der Waals surface area contributed by atoms with E-state index in [0.29, 0.717) is 15.6 Å². The first-order chi connectivity index (χ1) is 8.97. The molecule has 8 heteroatoms. The highest BCUT2D eigenvalue weighted by molar-refractivity contribution is 8.00. The molecule has 100 valence electrons. The minimum atomic E-state index is -1.20. The normalized spacial score (nSPS) is 12.4. The summed E-state index contributed by atoms with van der Waals surface area (Å²) in [6, 6.07) is 4.84. The molecule has 0 aliphatic rings. The zero-order chi connectivity index (χ0) is 14.0. The van der Waals surface area contributed by atoms with Crippen molar-refractivity contribution < 1.29 is 14.3 Å². The van der Waals surface area contributed by atoms with Crippen LogP contribution in [0.4, 0.5) is 0 Å². The van der Waals surface area contributed by atoms with Gasteiger partial charge in [-0.3, -0.25) is 0 Å². The van der Waals surface area contributed by atoms with Gasteiger partial charge in [-0.05, 0) is 25.1 Å². The number of hydrogen-bond donors (Lipinski definition) is 0. The third-order valence-electron chi connectivity index (χ3n) is 2.18. The van der Waals surface area contributed by atoms with Crippen LogP contribution in [0.5, 0.6) is 0 Å². The molecule has 1 atom stereocenters. The fourth-order valence-corrected chi connectivity index (χ4v) is 2.33. The van der Waals surface area contributed by atoms with Crippen LogP contribution in [0.2, 0.25) is 10.0 Å². The topological polar surface area (TPSA) is 79.0 Å². The number of aromatic nitrogens is 2. The first-order valence-corrected chi connectivity index (χ1v) is 6.77. The highest BCUT2D eigenvalue weighted by atomic mass is 35.5. The minimum Gasteiger partial charge on any atom is -0.549 e. The Morgan fingerprint density at radius 1 is 1.42 bits per heavy atom. The predicted octanol–water partition coefficient (Wildman–Crippen LogP) is 2.27. The van der Waals surface area contributed by atoms with Crippen LogP contribution in [0.3, 0.4) is 0 Å². The summed E-state index contributed by atoms with van der Waals surface area (Å²) in [5.74, 6) is -0.996. The molecule has 0 saturated heterocycles. The molecule has 5 nitrogen and oxygen atoms in total. The van der Waals surface area contributed by atoms with E-state index < -0.39 is 11.2 Å². The molecule has 19 heavy (non-hydrogen) atoms. The molecule has 0 fully saturated rings. The number of carbonyl (C=O) groups excluding carboxylic acids is 1. The lowest BCUT2D eigenvalue weighted by Gasteiger charge is -2.07. The number of aliphatic carboxylic acids is 1. The highest BCUT2D eigenvalue weighted by Crippen LogP contribution is 2.31. The summed E-state index contributed by atoms with van der Waals surface area (Å²) in [7, 11) is 0. The monoisotopic (exact) mass is 317 g/mol. The van der Waals surface area contributed by atoms with Crippen LogP contribution in [-0.4, -0.2) is 21.4 Å². The smallest absolute Gasteiger partial charge is 0.277 e. The van der Waals surface area contributed by atoms with Gasteiger partial charge in [-0.1, -0.05) is 35.0 Å². The van der Waals surface area contributed by atoms with E-state index in [1.54, 1.807) is 18.2 Å². The number of thioether (sulfide) groups is 1. The van der Waals surface area contributed by atoms with Gasteiger partial charge in [-0.25, -0.2) is 0 Å². The second-order valence-corrected chi connectivity index (χ2v) is 5.71. The van der Waals surface area contributed by atoms with E-state index in [-0.39, 0.29) is 11.1 Å². The summed E-state index contributed by atoms with van der Waals surface area (Å²) >= 11 is 12.7. The highest BCUT2D eigenvalue weighted by Gasteiger charge is 2.15. The van der Waals surface area contributed by atoms with E-state index in [9.17, 15) is 9.90 Å². The molecule has 0 N–H and O–H groups in total. The number of halogens is 2. The van der Waals surface area contributed by atoms with Crippen molar-refractivity contribution in [2.24, 2.45) is 0 Å². The van der Waals surface area contributed by atoms with Gasteiger partial charge in [0.1, 0.15) is 0 Å². The molecule has 2 aromatic rings. The SMILES string of the molecule is C[C@H](Sc1nnc(-c2ccc(Cl)cc2Cl)o1)C(=O)[O-]. The van der Waals surface area contributed by atoms with Crippen molar-refractivity contribution in [3.8, 4) is 11.5 Å². The van der Waals surface area contributed by atoms with Gasteiger partial charge in [0.15, 0.2) is 0 Å². The van der Waals surface area contributed by atoms with E-state index in [1.807, 2.05) is 0 Å². The second kappa shape index (κ2) is 5.81. The van der Waals surface area contributed by atoms with E-state index in [4.69, 9.17) is 27.6 Å². The van der Waals surface area contributed by atoms with Gasteiger partial charge in [0.25, 0.3) is 5.22 Å². The summed E-state index contributed by atoms with van der Waals surface area (Å²) in [6.07, 6.45) is 0. The van der Waals surface area contributed by atoms with Crippen LogP contribution in [0.25, 0.3) is 11.5 Å². The lowest BCUT2D eigenvalue weighted by molar-refractivity contribution is -0.304. The summed E-state index contributed by atoms with van der Waals surface area (Å²) in [6.45, 7) is 1.47. The van der Waals surface area contributed by atoms with E-state index in [0.717, 1.165) is 11.8 Å². The Kier molecular flexibility index (Phi) is 4.34. The summed E-state index contributed by atoms with van der Waals surface area (Å²) in [5.41, 5.74) is 0.534. The Hall–Kier alpha value is -1.24. The van der Waals surface area contributed by atoms with Gasteiger partial charge in [0.05, 0.1) is 21.8 Å². The van der Waals surface area contributed by atoms with Gasteiger partial charge < -0.3 is 14.3 Å². The fourth-order valence-electron chi connectivity index (χ4n) is 1.23. The maximum atomic E-state index is 10.6. The first kappa shape index (κ1) is 14.2. The average Bonchev–Trinajstić information content (AvgIpc) is 2.77. The molecule has 2 rings (SSSR count). The molecule has 1 heterocycles. The third-order valence-corrected chi connectivity index (χ3v) is 3.64. The molecular weight excluding hydrogens is 311 g/mol. The summed E-state index contributed by atoms with van der Waals surface area (Å²) in [5, 5.41) is 18.4. The number of benzene rings is 1. The lowest BCUT2D eigenvalue weighted by Crippen LogP contribution is -2.31. The predicted molar refractivity (Wildman–Crippen MR) is 70.1 cm³/mol. The number of carboxylic acids is 1. The number of nitrogens with zero attached hydrogens (tertiary/aromatic N) is 2. The quantitative estimate of drug-likeness (QED) is 0.805. The van der Waals surface area contributed by atoms with Gasteiger partial charge in [0.2, 0.25) is 5.89 Å².